The van der Waals surface area contributed by atoms with E-state index in [1.807, 2.05) is 38.1 Å². The number of hydrogen-bond acceptors (Lipinski definition) is 5. The zero-order chi connectivity index (χ0) is 16.5. The molecule has 1 N–H and O–H groups in total. The van der Waals surface area contributed by atoms with Crippen molar-refractivity contribution in [2.75, 3.05) is 19.8 Å². The second kappa shape index (κ2) is 9.70. The predicted octanol–water partition coefficient (Wildman–Crippen LogP) is 3.90. The van der Waals surface area contributed by atoms with E-state index in [0.717, 1.165) is 22.2 Å². The minimum absolute atomic E-state index is 0.0313. The van der Waals surface area contributed by atoms with E-state index in [9.17, 15) is 4.79 Å². The number of aromatic nitrogens is 1. The molecule has 0 aliphatic carbocycles. The molecule has 23 heavy (non-hydrogen) atoms. The summed E-state index contributed by atoms with van der Waals surface area (Å²) in [5, 5.41) is 4.96. The Labute approximate surface area is 145 Å². The molecule has 1 aromatic carbocycles. The maximum absolute atomic E-state index is 12.0. The summed E-state index contributed by atoms with van der Waals surface area (Å²) in [4.78, 5) is 16.4. The van der Waals surface area contributed by atoms with Gasteiger partial charge in [-0.3, -0.25) is 4.79 Å². The van der Waals surface area contributed by atoms with Crippen LogP contribution in [0.3, 0.4) is 0 Å². The van der Waals surface area contributed by atoms with Crippen molar-refractivity contribution in [2.45, 2.75) is 30.4 Å². The van der Waals surface area contributed by atoms with Crippen molar-refractivity contribution >= 4 is 29.0 Å². The molecule has 124 valence electrons. The van der Waals surface area contributed by atoms with Gasteiger partial charge in [0.1, 0.15) is 4.34 Å². The number of thiazole rings is 1. The lowest BCUT2D eigenvalue weighted by Crippen LogP contribution is -2.25. The maximum Gasteiger partial charge on any atom is 0.251 e. The van der Waals surface area contributed by atoms with E-state index in [2.05, 4.69) is 15.7 Å². The predicted molar refractivity (Wildman–Crippen MR) is 96.3 cm³/mol. The molecule has 1 heterocycles. The molecule has 2 rings (SSSR count). The first-order chi connectivity index (χ1) is 11.2. The summed E-state index contributed by atoms with van der Waals surface area (Å²) in [5.74, 6) is 0.833. The van der Waals surface area contributed by atoms with Crippen molar-refractivity contribution in [2.24, 2.45) is 0 Å². The van der Waals surface area contributed by atoms with Crippen LogP contribution in [0.2, 0.25) is 0 Å². The molecule has 0 unspecified atom stereocenters. The van der Waals surface area contributed by atoms with Gasteiger partial charge < -0.3 is 10.1 Å². The van der Waals surface area contributed by atoms with E-state index >= 15 is 0 Å². The highest BCUT2D eigenvalue weighted by atomic mass is 32.2. The van der Waals surface area contributed by atoms with E-state index in [0.29, 0.717) is 25.3 Å². The first-order valence-corrected chi connectivity index (χ1v) is 9.55. The Morgan fingerprint density at radius 3 is 2.78 bits per heavy atom. The second-order valence-corrected chi connectivity index (χ2v) is 7.13. The van der Waals surface area contributed by atoms with Gasteiger partial charge in [0, 0.05) is 42.1 Å². The summed E-state index contributed by atoms with van der Waals surface area (Å²) in [6.45, 7) is 6.01. The standard InChI is InChI=1S/C17H22N2O2S2/c1-3-21-10-4-9-18-16(20)15-7-5-14(6-8-15)12-23-17-19-13(2)11-22-17/h5-8,11H,3-4,9-10,12H2,1-2H3,(H,18,20). The lowest BCUT2D eigenvalue weighted by Gasteiger charge is -2.06. The summed E-state index contributed by atoms with van der Waals surface area (Å²) in [6, 6.07) is 7.76. The normalized spacial score (nSPS) is 10.7. The smallest absolute Gasteiger partial charge is 0.251 e. The number of aryl methyl sites for hydroxylation is 1. The van der Waals surface area contributed by atoms with Crippen molar-refractivity contribution in [3.8, 4) is 0 Å². The van der Waals surface area contributed by atoms with Gasteiger partial charge >= 0.3 is 0 Å². The van der Waals surface area contributed by atoms with Gasteiger partial charge in [-0.1, -0.05) is 23.9 Å². The average molecular weight is 351 g/mol. The summed E-state index contributed by atoms with van der Waals surface area (Å²) in [7, 11) is 0. The van der Waals surface area contributed by atoms with E-state index in [1.165, 1.54) is 5.56 Å². The molecule has 1 amide bonds. The minimum atomic E-state index is -0.0313. The fraction of sp³-hybridized carbons (Fsp3) is 0.412. The van der Waals surface area contributed by atoms with Crippen LogP contribution in [0.15, 0.2) is 34.0 Å². The molecule has 0 saturated heterocycles. The van der Waals surface area contributed by atoms with Gasteiger partial charge in [0.2, 0.25) is 0 Å². The molecule has 0 saturated carbocycles. The number of amides is 1. The van der Waals surface area contributed by atoms with E-state index in [4.69, 9.17) is 4.74 Å². The van der Waals surface area contributed by atoms with E-state index < -0.39 is 0 Å². The number of carbonyl (C=O) groups is 1. The largest absolute Gasteiger partial charge is 0.382 e. The van der Waals surface area contributed by atoms with Crippen LogP contribution in [0.25, 0.3) is 0 Å². The van der Waals surface area contributed by atoms with Crippen LogP contribution < -0.4 is 5.32 Å². The van der Waals surface area contributed by atoms with Gasteiger partial charge in [0.15, 0.2) is 0 Å². The third-order valence-electron chi connectivity index (χ3n) is 3.13. The van der Waals surface area contributed by atoms with Crippen LogP contribution in [-0.4, -0.2) is 30.6 Å². The minimum Gasteiger partial charge on any atom is -0.382 e. The summed E-state index contributed by atoms with van der Waals surface area (Å²) in [5.41, 5.74) is 2.95. The molecule has 0 radical (unpaired) electrons. The van der Waals surface area contributed by atoms with Crippen molar-refractivity contribution in [1.29, 1.82) is 0 Å². The quantitative estimate of drug-likeness (QED) is 0.550. The third kappa shape index (κ3) is 6.33. The highest BCUT2D eigenvalue weighted by Crippen LogP contribution is 2.25. The summed E-state index contributed by atoms with van der Waals surface area (Å²) >= 11 is 3.39. The third-order valence-corrected chi connectivity index (χ3v) is 5.34. The second-order valence-electron chi connectivity index (χ2n) is 5.05. The number of nitrogens with one attached hydrogen (secondary N) is 1. The van der Waals surface area contributed by atoms with Gasteiger partial charge in [0.05, 0.1) is 0 Å². The number of thioether (sulfide) groups is 1. The Balaban J connectivity index is 1.76. The van der Waals surface area contributed by atoms with Crippen LogP contribution in [0, 0.1) is 6.92 Å². The fourth-order valence-corrected chi connectivity index (χ4v) is 3.72. The number of rotatable bonds is 9. The Morgan fingerprint density at radius 2 is 2.13 bits per heavy atom. The van der Waals surface area contributed by atoms with Crippen molar-refractivity contribution in [3.63, 3.8) is 0 Å². The Kier molecular flexibility index (Phi) is 7.58. The first-order valence-electron chi connectivity index (χ1n) is 7.69. The highest BCUT2D eigenvalue weighted by molar-refractivity contribution is 8.00. The van der Waals surface area contributed by atoms with Gasteiger partial charge in [-0.2, -0.15) is 0 Å². The van der Waals surface area contributed by atoms with Crippen molar-refractivity contribution in [3.05, 3.63) is 46.5 Å². The summed E-state index contributed by atoms with van der Waals surface area (Å²) in [6.07, 6.45) is 0.835. The SMILES string of the molecule is CCOCCCNC(=O)c1ccc(CSc2nc(C)cs2)cc1. The number of ether oxygens (including phenoxy) is 1. The molecule has 4 nitrogen and oxygen atoms in total. The molecular weight excluding hydrogens is 328 g/mol. The zero-order valence-electron chi connectivity index (χ0n) is 13.5. The first kappa shape index (κ1) is 18.0. The van der Waals surface area contributed by atoms with E-state index in [-0.39, 0.29) is 5.91 Å². The number of carbonyl (C=O) groups excluding carboxylic acids is 1. The number of benzene rings is 1. The van der Waals surface area contributed by atoms with Crippen LogP contribution in [0.1, 0.15) is 35.0 Å². The Morgan fingerprint density at radius 1 is 1.35 bits per heavy atom. The summed E-state index contributed by atoms with van der Waals surface area (Å²) < 4.78 is 6.33. The molecule has 0 aliphatic rings. The zero-order valence-corrected chi connectivity index (χ0v) is 15.1. The number of hydrogen-bond donors (Lipinski definition) is 1. The fourth-order valence-electron chi connectivity index (χ4n) is 1.92. The Hall–Kier alpha value is -1.37. The van der Waals surface area contributed by atoms with Crippen LogP contribution >= 0.6 is 23.1 Å². The van der Waals surface area contributed by atoms with Gasteiger partial charge in [-0.05, 0) is 38.0 Å². The molecule has 2 aromatic rings. The molecule has 6 heteroatoms. The molecular formula is C17H22N2O2S2. The van der Waals surface area contributed by atoms with Crippen molar-refractivity contribution < 1.29 is 9.53 Å². The highest BCUT2D eigenvalue weighted by Gasteiger charge is 2.05. The van der Waals surface area contributed by atoms with Crippen LogP contribution in [-0.2, 0) is 10.5 Å². The van der Waals surface area contributed by atoms with Gasteiger partial charge in [0.25, 0.3) is 5.91 Å². The molecule has 0 atom stereocenters. The average Bonchev–Trinajstić information content (AvgIpc) is 2.98. The molecule has 0 aliphatic heterocycles. The Bertz CT molecular complexity index is 611. The lowest BCUT2D eigenvalue weighted by atomic mass is 10.1. The van der Waals surface area contributed by atoms with Crippen molar-refractivity contribution in [1.82, 2.24) is 10.3 Å². The van der Waals surface area contributed by atoms with Crippen LogP contribution in [0.5, 0.6) is 0 Å². The number of nitrogens with zero attached hydrogens (tertiary/aromatic N) is 1. The molecule has 1 aromatic heterocycles. The monoisotopic (exact) mass is 350 g/mol. The lowest BCUT2D eigenvalue weighted by molar-refractivity contribution is 0.0944. The van der Waals surface area contributed by atoms with Gasteiger partial charge in [-0.15, -0.1) is 11.3 Å². The molecule has 0 bridgehead atoms. The molecule has 0 fully saturated rings. The van der Waals surface area contributed by atoms with Gasteiger partial charge in [-0.25, -0.2) is 4.98 Å². The molecule has 0 spiro atoms. The maximum atomic E-state index is 12.0. The van der Waals surface area contributed by atoms with Crippen LogP contribution in [0.4, 0.5) is 0 Å². The topological polar surface area (TPSA) is 51.2 Å². The van der Waals surface area contributed by atoms with E-state index in [1.54, 1.807) is 23.1 Å².